The van der Waals surface area contributed by atoms with E-state index in [2.05, 4.69) is 10.1 Å². The summed E-state index contributed by atoms with van der Waals surface area (Å²) < 4.78 is 24.2. The number of nitrogens with zero attached hydrogens (tertiary/aromatic N) is 2. The fraction of sp³-hybridized carbons (Fsp3) is 0.143. The average molecular weight is 187 g/mol. The third-order valence-electron chi connectivity index (χ3n) is 1.41. The predicted octanol–water partition coefficient (Wildman–Crippen LogP) is 1.11. The van der Waals surface area contributed by atoms with Gasteiger partial charge in [-0.25, -0.2) is 8.78 Å². The summed E-state index contributed by atoms with van der Waals surface area (Å²) in [5.74, 6) is -0.218. The molecule has 4 nitrogen and oxygen atoms in total. The van der Waals surface area contributed by atoms with Crippen molar-refractivity contribution in [3.05, 3.63) is 29.6 Å². The molecule has 0 fully saturated rings. The lowest BCUT2D eigenvalue weighted by molar-refractivity contribution is 0.146. The van der Waals surface area contributed by atoms with Crippen molar-refractivity contribution in [2.45, 2.75) is 6.43 Å². The molecule has 0 aliphatic rings. The average Bonchev–Trinajstić information content (AvgIpc) is 2.17. The van der Waals surface area contributed by atoms with Crippen LogP contribution in [0.4, 0.5) is 8.78 Å². The van der Waals surface area contributed by atoms with Gasteiger partial charge in [-0.05, 0) is 12.1 Å². The van der Waals surface area contributed by atoms with Crippen LogP contribution in [0.2, 0.25) is 0 Å². The van der Waals surface area contributed by atoms with Gasteiger partial charge in [0.2, 0.25) is 0 Å². The van der Waals surface area contributed by atoms with Crippen molar-refractivity contribution >= 4 is 5.84 Å². The molecule has 0 aromatic carbocycles. The van der Waals surface area contributed by atoms with Gasteiger partial charge in [0.15, 0.2) is 5.84 Å². The number of pyridine rings is 1. The summed E-state index contributed by atoms with van der Waals surface area (Å²) in [6, 6.07) is 2.45. The van der Waals surface area contributed by atoms with Crippen molar-refractivity contribution in [2.75, 3.05) is 0 Å². The van der Waals surface area contributed by atoms with Crippen LogP contribution in [-0.2, 0) is 0 Å². The van der Waals surface area contributed by atoms with Crippen molar-refractivity contribution < 1.29 is 14.0 Å². The first-order valence-electron chi connectivity index (χ1n) is 3.37. The van der Waals surface area contributed by atoms with E-state index in [-0.39, 0.29) is 11.4 Å². The molecule has 13 heavy (non-hydrogen) atoms. The van der Waals surface area contributed by atoms with Crippen LogP contribution in [0.5, 0.6) is 0 Å². The number of halogens is 2. The fourth-order valence-electron chi connectivity index (χ4n) is 0.785. The third kappa shape index (κ3) is 2.11. The Morgan fingerprint density at radius 3 is 2.85 bits per heavy atom. The molecule has 6 heteroatoms. The van der Waals surface area contributed by atoms with E-state index < -0.39 is 12.1 Å². The van der Waals surface area contributed by atoms with Gasteiger partial charge in [-0.3, -0.25) is 4.98 Å². The smallest absolute Gasteiger partial charge is 0.280 e. The van der Waals surface area contributed by atoms with Crippen LogP contribution in [0, 0.1) is 0 Å². The molecule has 70 valence electrons. The summed E-state index contributed by atoms with van der Waals surface area (Å²) in [7, 11) is 0. The van der Waals surface area contributed by atoms with E-state index >= 15 is 0 Å². The van der Waals surface area contributed by atoms with Gasteiger partial charge in [-0.15, -0.1) is 0 Å². The van der Waals surface area contributed by atoms with Gasteiger partial charge in [-0.2, -0.15) is 0 Å². The van der Waals surface area contributed by atoms with Gasteiger partial charge >= 0.3 is 0 Å². The summed E-state index contributed by atoms with van der Waals surface area (Å²) in [5, 5.41) is 11.0. The number of aromatic nitrogens is 1. The molecule has 0 saturated heterocycles. The minimum atomic E-state index is -2.66. The van der Waals surface area contributed by atoms with Crippen LogP contribution in [-0.4, -0.2) is 16.0 Å². The normalized spacial score (nSPS) is 12.1. The van der Waals surface area contributed by atoms with Crippen molar-refractivity contribution in [1.29, 1.82) is 0 Å². The van der Waals surface area contributed by atoms with Crippen LogP contribution >= 0.6 is 0 Å². The Hall–Kier alpha value is -1.72. The second kappa shape index (κ2) is 3.79. The Balaban J connectivity index is 3.05. The number of nitrogens with two attached hydrogens (primary N) is 1. The number of alkyl halides is 2. The number of oxime groups is 1. The molecule has 0 radical (unpaired) electrons. The van der Waals surface area contributed by atoms with Gasteiger partial charge in [-0.1, -0.05) is 5.16 Å². The van der Waals surface area contributed by atoms with Crippen LogP contribution in [0.3, 0.4) is 0 Å². The van der Waals surface area contributed by atoms with E-state index in [9.17, 15) is 8.78 Å². The number of amidine groups is 1. The van der Waals surface area contributed by atoms with Crippen molar-refractivity contribution in [2.24, 2.45) is 10.9 Å². The molecule has 0 atom stereocenters. The zero-order valence-electron chi connectivity index (χ0n) is 6.48. The fourth-order valence-corrected chi connectivity index (χ4v) is 0.785. The summed E-state index contributed by atoms with van der Waals surface area (Å²) >= 11 is 0. The molecule has 1 rings (SSSR count). The highest BCUT2D eigenvalue weighted by atomic mass is 19.3. The molecule has 1 aromatic heterocycles. The lowest BCUT2D eigenvalue weighted by Gasteiger charge is -2.01. The molecule has 1 aromatic rings. The topological polar surface area (TPSA) is 71.5 Å². The van der Waals surface area contributed by atoms with Gasteiger partial charge in [0, 0.05) is 11.8 Å². The zero-order valence-corrected chi connectivity index (χ0v) is 6.48. The minimum Gasteiger partial charge on any atom is -0.409 e. The molecule has 1 heterocycles. The van der Waals surface area contributed by atoms with Crippen molar-refractivity contribution in [1.82, 2.24) is 4.98 Å². The molecule has 3 N–H and O–H groups in total. The summed E-state index contributed by atoms with van der Waals surface area (Å²) in [6.45, 7) is 0. The third-order valence-corrected chi connectivity index (χ3v) is 1.41. The largest absolute Gasteiger partial charge is 0.409 e. The monoisotopic (exact) mass is 187 g/mol. The Morgan fingerprint density at radius 2 is 2.31 bits per heavy atom. The van der Waals surface area contributed by atoms with E-state index in [0.29, 0.717) is 0 Å². The Labute approximate surface area is 72.7 Å². The van der Waals surface area contributed by atoms with Gasteiger partial charge in [0.1, 0.15) is 5.69 Å². The molecule has 0 aliphatic heterocycles. The number of hydrogen-bond acceptors (Lipinski definition) is 3. The number of rotatable bonds is 2. The van der Waals surface area contributed by atoms with Gasteiger partial charge in [0.05, 0.1) is 0 Å². The first-order chi connectivity index (χ1) is 6.15. The quantitative estimate of drug-likeness (QED) is 0.315. The van der Waals surface area contributed by atoms with E-state index in [1.165, 1.54) is 12.3 Å². The second-order valence-electron chi connectivity index (χ2n) is 2.26. The van der Waals surface area contributed by atoms with Crippen LogP contribution < -0.4 is 5.73 Å². The predicted molar refractivity (Wildman–Crippen MR) is 41.7 cm³/mol. The van der Waals surface area contributed by atoms with Crippen LogP contribution in [0.25, 0.3) is 0 Å². The van der Waals surface area contributed by atoms with Crippen molar-refractivity contribution in [3.63, 3.8) is 0 Å². The maximum atomic E-state index is 12.1. The Morgan fingerprint density at radius 1 is 1.62 bits per heavy atom. The van der Waals surface area contributed by atoms with E-state index in [0.717, 1.165) is 6.07 Å². The lowest BCUT2D eigenvalue weighted by Crippen LogP contribution is -2.13. The highest BCUT2D eigenvalue weighted by Gasteiger charge is 2.10. The Bertz CT molecular complexity index is 327. The second-order valence-corrected chi connectivity index (χ2v) is 2.26. The summed E-state index contributed by atoms with van der Waals surface area (Å²) in [5.41, 5.74) is 5.01. The molecule has 0 aliphatic carbocycles. The number of hydrogen-bond donors (Lipinski definition) is 2. The standard InChI is InChI=1S/C7H7F2N3O/c8-6(9)5-3-4(1-2-11-5)7(10)12-13/h1-3,6,13H,(H2,10,12). The van der Waals surface area contributed by atoms with Gasteiger partial charge < -0.3 is 10.9 Å². The summed E-state index contributed by atoms with van der Waals surface area (Å²) in [6.07, 6.45) is -1.49. The molecule has 0 bridgehead atoms. The zero-order chi connectivity index (χ0) is 9.84. The molecule has 0 saturated carbocycles. The van der Waals surface area contributed by atoms with E-state index in [1.54, 1.807) is 0 Å². The molecular formula is C7H7F2N3O. The highest BCUT2D eigenvalue weighted by molar-refractivity contribution is 5.96. The van der Waals surface area contributed by atoms with E-state index in [1.807, 2.05) is 0 Å². The van der Waals surface area contributed by atoms with Crippen LogP contribution in [0.1, 0.15) is 17.7 Å². The lowest BCUT2D eigenvalue weighted by atomic mass is 10.2. The maximum Gasteiger partial charge on any atom is 0.280 e. The summed E-state index contributed by atoms with van der Waals surface area (Å²) in [4.78, 5) is 3.41. The molecule has 0 amide bonds. The van der Waals surface area contributed by atoms with Crippen LogP contribution in [0.15, 0.2) is 23.5 Å². The maximum absolute atomic E-state index is 12.1. The molecular weight excluding hydrogens is 180 g/mol. The highest BCUT2D eigenvalue weighted by Crippen LogP contribution is 2.16. The molecule has 0 spiro atoms. The first-order valence-corrected chi connectivity index (χ1v) is 3.37. The SMILES string of the molecule is N/C(=N\O)c1ccnc(C(F)F)c1. The minimum absolute atomic E-state index is 0.216. The van der Waals surface area contributed by atoms with E-state index in [4.69, 9.17) is 10.9 Å². The van der Waals surface area contributed by atoms with Gasteiger partial charge in [0.25, 0.3) is 6.43 Å². The molecule has 0 unspecified atom stereocenters. The first kappa shape index (κ1) is 9.37. The Kier molecular flexibility index (Phi) is 2.73. The van der Waals surface area contributed by atoms with Crippen molar-refractivity contribution in [3.8, 4) is 0 Å².